The van der Waals surface area contributed by atoms with Crippen LogP contribution in [0.15, 0.2) is 88.5 Å². The predicted octanol–water partition coefficient (Wildman–Crippen LogP) is 4.75. The predicted molar refractivity (Wildman–Crippen MR) is 148 cm³/mol. The van der Waals surface area contributed by atoms with Gasteiger partial charge in [0.15, 0.2) is 28.6 Å². The minimum atomic E-state index is -1.04. The van der Waals surface area contributed by atoms with Crippen LogP contribution < -0.4 is 11.2 Å². The van der Waals surface area contributed by atoms with Gasteiger partial charge in [0.2, 0.25) is 0 Å². The maximum Gasteiger partial charge on any atom is 0.421 e. The van der Waals surface area contributed by atoms with E-state index in [0.717, 1.165) is 20.8 Å². The fourth-order valence-electron chi connectivity index (χ4n) is 4.41. The number of halogens is 1. The van der Waals surface area contributed by atoms with Crippen LogP contribution in [0.3, 0.4) is 0 Å². The number of aromatic nitrogens is 4. The number of phenolic OH excluding ortho intramolecular Hbond substituents is 1. The van der Waals surface area contributed by atoms with Crippen LogP contribution in [0, 0.1) is 5.82 Å². The van der Waals surface area contributed by atoms with E-state index in [1.165, 1.54) is 16.7 Å². The fraction of sp³-hybridized carbons (Fsp3) is 0.200. The number of nitrogens with zero attached hydrogens (tertiary/aromatic N) is 4. The summed E-state index contributed by atoms with van der Waals surface area (Å²) in [5.74, 6) is -1.99. The van der Waals surface area contributed by atoms with Crippen molar-refractivity contribution in [2.45, 2.75) is 39.5 Å². The molecule has 204 valence electrons. The molecule has 0 saturated heterocycles. The zero-order valence-corrected chi connectivity index (χ0v) is 22.2. The summed E-state index contributed by atoms with van der Waals surface area (Å²) < 4.78 is 23.9. The Morgan fingerprint density at radius 2 is 1.45 bits per heavy atom. The van der Waals surface area contributed by atoms with Crippen molar-refractivity contribution < 1.29 is 19.0 Å². The van der Waals surface area contributed by atoms with Crippen LogP contribution in [0.5, 0.6) is 5.75 Å². The Balaban J connectivity index is 1.89. The monoisotopic (exact) mass is 542 g/mol. The molecule has 0 aliphatic rings. The Morgan fingerprint density at radius 3 is 2.02 bits per heavy atom. The highest BCUT2D eigenvalue weighted by Crippen LogP contribution is 2.30. The lowest BCUT2D eigenvalue weighted by atomic mass is 10.2. The summed E-state index contributed by atoms with van der Waals surface area (Å²) in [6.07, 6.45) is -0.985. The third-order valence-corrected chi connectivity index (χ3v) is 6.19. The largest absolute Gasteiger partial charge is 0.505 e. The summed E-state index contributed by atoms with van der Waals surface area (Å²) in [6.45, 7) is 4.91. The zero-order valence-electron chi connectivity index (χ0n) is 22.2. The number of hydrogen-bond acceptors (Lipinski definition) is 6. The van der Waals surface area contributed by atoms with E-state index in [1.54, 1.807) is 45.0 Å². The number of imidazole rings is 1. The van der Waals surface area contributed by atoms with Crippen LogP contribution in [-0.2, 0) is 17.8 Å². The molecule has 0 unspecified atom stereocenters. The van der Waals surface area contributed by atoms with Crippen LogP contribution in [0.1, 0.15) is 31.9 Å². The molecule has 40 heavy (non-hydrogen) atoms. The molecule has 5 rings (SSSR count). The number of ether oxygens (including phenoxy) is 1. The molecular formula is C30H27FN4O5. The van der Waals surface area contributed by atoms with Crippen LogP contribution in [0.4, 0.5) is 9.18 Å². The fourth-order valence-corrected chi connectivity index (χ4v) is 4.41. The highest BCUT2D eigenvalue weighted by atomic mass is 19.1. The van der Waals surface area contributed by atoms with Gasteiger partial charge in [0, 0.05) is 0 Å². The average Bonchev–Trinajstić information content (AvgIpc) is 3.31. The van der Waals surface area contributed by atoms with Gasteiger partial charge in [-0.2, -0.15) is 0 Å². The summed E-state index contributed by atoms with van der Waals surface area (Å²) in [6, 6.07) is 21.9. The van der Waals surface area contributed by atoms with E-state index in [9.17, 15) is 19.5 Å². The standard InChI is InChI=1S/C30H27FN4O5/c1-30(2,3)40-29(39)35-24-26(32-25(35)21-15-10-16-22(36)23(21)31)33(17-19-11-6-4-7-12-19)28(38)34(27(24)37)18-20-13-8-5-9-14-20/h4-16,36H,17-18H2,1-3H3. The van der Waals surface area contributed by atoms with Crippen molar-refractivity contribution in [3.05, 3.63) is 117 Å². The number of hydrogen-bond donors (Lipinski definition) is 1. The van der Waals surface area contributed by atoms with E-state index in [2.05, 4.69) is 4.98 Å². The van der Waals surface area contributed by atoms with Gasteiger partial charge < -0.3 is 9.84 Å². The Bertz CT molecular complexity index is 1830. The van der Waals surface area contributed by atoms with Gasteiger partial charge in [-0.05, 0) is 44.0 Å². The molecule has 0 amide bonds. The molecule has 2 heterocycles. The van der Waals surface area contributed by atoms with Crippen LogP contribution in [0.2, 0.25) is 0 Å². The maximum atomic E-state index is 15.2. The first kappa shape index (κ1) is 26.6. The van der Waals surface area contributed by atoms with Crippen molar-refractivity contribution in [3.8, 4) is 17.1 Å². The number of carbonyl (C=O) groups excluding carboxylic acids is 1. The number of carbonyl (C=O) groups is 1. The maximum absolute atomic E-state index is 15.2. The lowest BCUT2D eigenvalue weighted by molar-refractivity contribution is 0.0546. The molecule has 0 fully saturated rings. The SMILES string of the molecule is CC(C)(C)OC(=O)n1c(-c2cccc(O)c2F)nc2c1c(=O)n(Cc1ccccc1)c(=O)n2Cc1ccccc1. The van der Waals surface area contributed by atoms with Gasteiger partial charge in [0.05, 0.1) is 18.7 Å². The minimum Gasteiger partial charge on any atom is -0.505 e. The van der Waals surface area contributed by atoms with Gasteiger partial charge in [-0.1, -0.05) is 66.7 Å². The highest BCUT2D eigenvalue weighted by Gasteiger charge is 2.30. The molecular weight excluding hydrogens is 515 g/mol. The van der Waals surface area contributed by atoms with Gasteiger partial charge in [-0.25, -0.2) is 23.5 Å². The van der Waals surface area contributed by atoms with E-state index in [-0.39, 0.29) is 35.6 Å². The zero-order chi connectivity index (χ0) is 28.6. The molecule has 1 N–H and O–H groups in total. The molecule has 5 aromatic rings. The number of rotatable bonds is 5. The lowest BCUT2D eigenvalue weighted by Crippen LogP contribution is -2.41. The Hall–Kier alpha value is -4.99. The summed E-state index contributed by atoms with van der Waals surface area (Å²) in [4.78, 5) is 45.9. The summed E-state index contributed by atoms with van der Waals surface area (Å²) in [5, 5.41) is 10.1. The second-order valence-corrected chi connectivity index (χ2v) is 10.3. The number of benzene rings is 3. The second-order valence-electron chi connectivity index (χ2n) is 10.3. The first-order chi connectivity index (χ1) is 19.0. The number of phenols is 1. The Kier molecular flexibility index (Phi) is 6.85. The van der Waals surface area contributed by atoms with Crippen molar-refractivity contribution in [1.82, 2.24) is 18.7 Å². The lowest BCUT2D eigenvalue weighted by Gasteiger charge is -2.20. The number of fused-ring (bicyclic) bond motifs is 1. The van der Waals surface area contributed by atoms with E-state index in [0.29, 0.717) is 5.56 Å². The third kappa shape index (κ3) is 5.03. The van der Waals surface area contributed by atoms with Gasteiger partial charge in [-0.15, -0.1) is 0 Å². The van der Waals surface area contributed by atoms with E-state index in [1.807, 2.05) is 36.4 Å². The Labute approximate surface area is 228 Å². The summed E-state index contributed by atoms with van der Waals surface area (Å²) >= 11 is 0. The first-order valence-electron chi connectivity index (χ1n) is 12.6. The topological polar surface area (TPSA) is 108 Å². The van der Waals surface area contributed by atoms with Crippen LogP contribution >= 0.6 is 0 Å². The van der Waals surface area contributed by atoms with Crippen molar-refractivity contribution in [2.24, 2.45) is 0 Å². The van der Waals surface area contributed by atoms with Gasteiger partial charge in [0.1, 0.15) is 5.60 Å². The quantitative estimate of drug-likeness (QED) is 0.343. The highest BCUT2D eigenvalue weighted by molar-refractivity contribution is 5.90. The van der Waals surface area contributed by atoms with Crippen molar-refractivity contribution in [1.29, 1.82) is 0 Å². The minimum absolute atomic E-state index is 0.0263. The van der Waals surface area contributed by atoms with Crippen molar-refractivity contribution >= 4 is 17.3 Å². The molecule has 0 spiro atoms. The molecule has 0 radical (unpaired) electrons. The summed E-state index contributed by atoms with van der Waals surface area (Å²) in [5.41, 5.74) is -1.59. The second kappa shape index (κ2) is 10.3. The van der Waals surface area contributed by atoms with Crippen LogP contribution in [0.25, 0.3) is 22.6 Å². The van der Waals surface area contributed by atoms with Crippen molar-refractivity contribution in [2.75, 3.05) is 0 Å². The molecule has 0 aliphatic carbocycles. The van der Waals surface area contributed by atoms with Crippen molar-refractivity contribution in [3.63, 3.8) is 0 Å². The third-order valence-electron chi connectivity index (χ3n) is 6.19. The molecule has 3 aromatic carbocycles. The molecule has 10 heteroatoms. The molecule has 0 aliphatic heterocycles. The molecule has 9 nitrogen and oxygen atoms in total. The number of aromatic hydroxyl groups is 1. The van der Waals surface area contributed by atoms with Crippen LogP contribution in [-0.4, -0.2) is 35.5 Å². The normalized spacial score (nSPS) is 11.6. The van der Waals surface area contributed by atoms with Gasteiger partial charge in [0.25, 0.3) is 5.56 Å². The summed E-state index contributed by atoms with van der Waals surface area (Å²) in [7, 11) is 0. The Morgan fingerprint density at radius 1 is 0.875 bits per heavy atom. The molecule has 0 bridgehead atoms. The van der Waals surface area contributed by atoms with Gasteiger partial charge >= 0.3 is 11.8 Å². The van der Waals surface area contributed by atoms with E-state index < -0.39 is 34.5 Å². The van der Waals surface area contributed by atoms with Gasteiger partial charge in [-0.3, -0.25) is 13.9 Å². The molecule has 2 aromatic heterocycles. The van der Waals surface area contributed by atoms with E-state index >= 15 is 4.39 Å². The van der Waals surface area contributed by atoms with E-state index in [4.69, 9.17) is 4.74 Å². The first-order valence-corrected chi connectivity index (χ1v) is 12.6. The molecule has 0 saturated carbocycles. The molecule has 0 atom stereocenters. The average molecular weight is 543 g/mol. The smallest absolute Gasteiger partial charge is 0.421 e.